The number of amides is 2. The molecule has 5 nitrogen and oxygen atoms in total. The van der Waals surface area contributed by atoms with Crippen molar-refractivity contribution in [3.63, 3.8) is 0 Å². The maximum absolute atomic E-state index is 12.7. The summed E-state index contributed by atoms with van der Waals surface area (Å²) in [5.74, 6) is -0.190. The molecule has 0 saturated carbocycles. The zero-order valence-electron chi connectivity index (χ0n) is 15.7. The molecule has 0 radical (unpaired) electrons. The summed E-state index contributed by atoms with van der Waals surface area (Å²) in [6.45, 7) is 2.56. The van der Waals surface area contributed by atoms with Crippen LogP contribution in [0, 0.1) is 0 Å². The normalized spacial score (nSPS) is 10.1. The average Bonchev–Trinajstić information content (AvgIpc) is 2.66. The van der Waals surface area contributed by atoms with Gasteiger partial charge in [0.2, 0.25) is 5.91 Å². The molecular formula is C21H25N3O2S. The van der Waals surface area contributed by atoms with Crippen molar-refractivity contribution in [3.05, 3.63) is 65.7 Å². The lowest BCUT2D eigenvalue weighted by molar-refractivity contribution is -0.119. The summed E-state index contributed by atoms with van der Waals surface area (Å²) in [6.07, 6.45) is 2.22. The number of unbranched alkanes of at least 4 members (excludes halogenated alkanes) is 1. The quantitative estimate of drug-likeness (QED) is 0.711. The fourth-order valence-corrected chi connectivity index (χ4v) is 2.80. The molecular weight excluding hydrogens is 358 g/mol. The third-order valence-electron chi connectivity index (χ3n) is 3.99. The molecule has 0 spiro atoms. The van der Waals surface area contributed by atoms with E-state index in [0.29, 0.717) is 24.2 Å². The van der Waals surface area contributed by atoms with Crippen LogP contribution in [0.5, 0.6) is 0 Å². The Morgan fingerprint density at radius 3 is 2.52 bits per heavy atom. The summed E-state index contributed by atoms with van der Waals surface area (Å²) < 4.78 is 0. The standard InChI is InChI=1S/C21H25N3O2S/c1-3-4-13-19(25)23-21(27)22-18-12-8-11-17(14-18)20(26)24(2)15-16-9-6-5-7-10-16/h5-12,14H,3-4,13,15H2,1-2H3,(H2,22,23,25,27). The molecule has 142 valence electrons. The van der Waals surface area contributed by atoms with E-state index in [2.05, 4.69) is 10.6 Å². The molecule has 0 heterocycles. The number of anilines is 1. The molecule has 27 heavy (non-hydrogen) atoms. The Balaban J connectivity index is 1.96. The van der Waals surface area contributed by atoms with E-state index in [0.717, 1.165) is 18.4 Å². The van der Waals surface area contributed by atoms with Gasteiger partial charge in [0.25, 0.3) is 5.91 Å². The van der Waals surface area contributed by atoms with Gasteiger partial charge in [-0.15, -0.1) is 0 Å². The molecule has 0 unspecified atom stereocenters. The first-order chi connectivity index (χ1) is 13.0. The number of hydrogen-bond acceptors (Lipinski definition) is 3. The van der Waals surface area contributed by atoms with Gasteiger partial charge in [-0.2, -0.15) is 0 Å². The highest BCUT2D eigenvalue weighted by atomic mass is 32.1. The second-order valence-electron chi connectivity index (χ2n) is 6.33. The van der Waals surface area contributed by atoms with Crippen LogP contribution in [0.1, 0.15) is 42.1 Å². The molecule has 2 N–H and O–H groups in total. The minimum absolute atomic E-state index is 0.0830. The Morgan fingerprint density at radius 1 is 1.07 bits per heavy atom. The van der Waals surface area contributed by atoms with Crippen molar-refractivity contribution in [1.82, 2.24) is 10.2 Å². The van der Waals surface area contributed by atoms with Gasteiger partial charge >= 0.3 is 0 Å². The number of rotatable bonds is 7. The van der Waals surface area contributed by atoms with Gasteiger partial charge in [-0.25, -0.2) is 0 Å². The second-order valence-corrected chi connectivity index (χ2v) is 6.74. The van der Waals surface area contributed by atoms with Crippen LogP contribution in [0.2, 0.25) is 0 Å². The monoisotopic (exact) mass is 383 g/mol. The zero-order valence-corrected chi connectivity index (χ0v) is 16.5. The van der Waals surface area contributed by atoms with Gasteiger partial charge in [0.05, 0.1) is 0 Å². The van der Waals surface area contributed by atoms with Crippen molar-refractivity contribution in [2.24, 2.45) is 0 Å². The lowest BCUT2D eigenvalue weighted by Gasteiger charge is -2.18. The summed E-state index contributed by atoms with van der Waals surface area (Å²) >= 11 is 5.17. The van der Waals surface area contributed by atoms with E-state index in [1.807, 2.05) is 37.3 Å². The number of thiocarbonyl (C=S) groups is 1. The first-order valence-electron chi connectivity index (χ1n) is 9.00. The molecule has 2 rings (SSSR count). The molecule has 0 saturated heterocycles. The largest absolute Gasteiger partial charge is 0.337 e. The van der Waals surface area contributed by atoms with Crippen LogP contribution in [-0.4, -0.2) is 28.9 Å². The third-order valence-corrected chi connectivity index (χ3v) is 4.19. The number of nitrogens with one attached hydrogen (secondary N) is 2. The highest BCUT2D eigenvalue weighted by molar-refractivity contribution is 7.80. The van der Waals surface area contributed by atoms with Crippen LogP contribution < -0.4 is 10.6 Å². The molecule has 0 aliphatic carbocycles. The van der Waals surface area contributed by atoms with Gasteiger partial charge in [0.1, 0.15) is 0 Å². The third kappa shape index (κ3) is 6.83. The SMILES string of the molecule is CCCCC(=O)NC(=S)Nc1cccc(C(=O)N(C)Cc2ccccc2)c1. The molecule has 0 fully saturated rings. The average molecular weight is 384 g/mol. The molecule has 2 aromatic rings. The smallest absolute Gasteiger partial charge is 0.253 e. The fourth-order valence-electron chi connectivity index (χ4n) is 2.57. The summed E-state index contributed by atoms with van der Waals surface area (Å²) in [5.41, 5.74) is 2.28. The van der Waals surface area contributed by atoms with Gasteiger partial charge in [-0.05, 0) is 42.4 Å². The van der Waals surface area contributed by atoms with E-state index in [-0.39, 0.29) is 16.9 Å². The highest BCUT2D eigenvalue weighted by Crippen LogP contribution is 2.14. The molecule has 2 aromatic carbocycles. The lowest BCUT2D eigenvalue weighted by atomic mass is 10.1. The Kier molecular flexibility index (Phi) is 7.95. The van der Waals surface area contributed by atoms with E-state index >= 15 is 0 Å². The number of benzene rings is 2. The Bertz CT molecular complexity index is 793. The van der Waals surface area contributed by atoms with Crippen molar-refractivity contribution < 1.29 is 9.59 Å². The van der Waals surface area contributed by atoms with E-state index in [4.69, 9.17) is 12.2 Å². The molecule has 0 atom stereocenters. The zero-order chi connectivity index (χ0) is 19.6. The number of carbonyl (C=O) groups excluding carboxylic acids is 2. The number of nitrogens with zero attached hydrogens (tertiary/aromatic N) is 1. The Morgan fingerprint density at radius 2 is 1.81 bits per heavy atom. The highest BCUT2D eigenvalue weighted by Gasteiger charge is 2.13. The number of hydrogen-bond donors (Lipinski definition) is 2. The van der Waals surface area contributed by atoms with E-state index in [1.54, 1.807) is 36.2 Å². The van der Waals surface area contributed by atoms with E-state index in [9.17, 15) is 9.59 Å². The summed E-state index contributed by atoms with van der Waals surface area (Å²) in [4.78, 5) is 26.1. The summed E-state index contributed by atoms with van der Waals surface area (Å²) in [6, 6.07) is 16.9. The van der Waals surface area contributed by atoms with Gasteiger partial charge in [0, 0.05) is 31.3 Å². The predicted octanol–water partition coefficient (Wildman–Crippen LogP) is 3.96. The maximum atomic E-state index is 12.7. The second kappa shape index (κ2) is 10.4. The minimum atomic E-state index is -0.107. The Hall–Kier alpha value is -2.73. The molecule has 2 amide bonds. The van der Waals surface area contributed by atoms with Gasteiger partial charge in [-0.3, -0.25) is 9.59 Å². The van der Waals surface area contributed by atoms with Crippen molar-refractivity contribution in [1.29, 1.82) is 0 Å². The lowest BCUT2D eigenvalue weighted by Crippen LogP contribution is -2.34. The summed E-state index contributed by atoms with van der Waals surface area (Å²) in [5, 5.41) is 5.85. The molecule has 0 aliphatic heterocycles. The maximum Gasteiger partial charge on any atom is 0.253 e. The van der Waals surface area contributed by atoms with Crippen molar-refractivity contribution in [3.8, 4) is 0 Å². The first kappa shape index (κ1) is 20.6. The summed E-state index contributed by atoms with van der Waals surface area (Å²) in [7, 11) is 1.77. The van der Waals surface area contributed by atoms with E-state index in [1.165, 1.54) is 0 Å². The van der Waals surface area contributed by atoms with Crippen LogP contribution in [-0.2, 0) is 11.3 Å². The molecule has 0 bridgehead atoms. The first-order valence-corrected chi connectivity index (χ1v) is 9.40. The topological polar surface area (TPSA) is 61.4 Å². The predicted molar refractivity (Wildman–Crippen MR) is 113 cm³/mol. The van der Waals surface area contributed by atoms with Crippen LogP contribution in [0.3, 0.4) is 0 Å². The van der Waals surface area contributed by atoms with E-state index < -0.39 is 0 Å². The van der Waals surface area contributed by atoms with Gasteiger partial charge < -0.3 is 15.5 Å². The van der Waals surface area contributed by atoms with Gasteiger partial charge in [0.15, 0.2) is 5.11 Å². The van der Waals surface area contributed by atoms with Crippen molar-refractivity contribution >= 4 is 34.8 Å². The van der Waals surface area contributed by atoms with Crippen LogP contribution >= 0.6 is 12.2 Å². The molecule has 0 aliphatic rings. The van der Waals surface area contributed by atoms with Crippen LogP contribution in [0.25, 0.3) is 0 Å². The Labute approximate surface area is 165 Å². The fraction of sp³-hybridized carbons (Fsp3) is 0.286. The van der Waals surface area contributed by atoms with Crippen LogP contribution in [0.4, 0.5) is 5.69 Å². The van der Waals surface area contributed by atoms with Crippen molar-refractivity contribution in [2.45, 2.75) is 32.7 Å². The number of carbonyl (C=O) groups is 2. The van der Waals surface area contributed by atoms with Gasteiger partial charge in [-0.1, -0.05) is 49.7 Å². The minimum Gasteiger partial charge on any atom is -0.337 e. The molecule has 6 heteroatoms. The van der Waals surface area contributed by atoms with Crippen LogP contribution in [0.15, 0.2) is 54.6 Å². The van der Waals surface area contributed by atoms with Crippen molar-refractivity contribution in [2.75, 3.05) is 12.4 Å². The molecule has 0 aromatic heterocycles.